The molecular formula is C14H17NO3S. The number of hydrogen-bond donors (Lipinski definition) is 1. The lowest BCUT2D eigenvalue weighted by Gasteiger charge is -2.30. The van der Waals surface area contributed by atoms with Crippen LogP contribution in [-0.4, -0.2) is 39.9 Å². The number of thioether (sulfide) groups is 1. The highest BCUT2D eigenvalue weighted by Gasteiger charge is 2.24. The monoisotopic (exact) mass is 279 g/mol. The van der Waals surface area contributed by atoms with Crippen LogP contribution in [0.1, 0.15) is 28.4 Å². The second-order valence-corrected chi connectivity index (χ2v) is 5.85. The smallest absolute Gasteiger partial charge is 0.335 e. The first-order chi connectivity index (χ1) is 9.02. The maximum atomic E-state index is 12.1. The Hall–Kier alpha value is -1.49. The molecule has 0 aliphatic carbocycles. The summed E-state index contributed by atoms with van der Waals surface area (Å²) in [6.07, 6.45) is 2.71. The largest absolute Gasteiger partial charge is 0.478 e. The van der Waals surface area contributed by atoms with E-state index in [1.165, 1.54) is 11.8 Å². The van der Waals surface area contributed by atoms with Gasteiger partial charge < -0.3 is 10.0 Å². The van der Waals surface area contributed by atoms with E-state index in [2.05, 4.69) is 0 Å². The van der Waals surface area contributed by atoms with Crippen molar-refractivity contribution in [2.24, 2.45) is 0 Å². The molecule has 1 aromatic carbocycles. The van der Waals surface area contributed by atoms with E-state index in [1.807, 2.05) is 24.1 Å². The number of carbonyl (C=O) groups is 2. The van der Waals surface area contributed by atoms with Gasteiger partial charge in [-0.25, -0.2) is 4.79 Å². The Morgan fingerprint density at radius 1 is 1.37 bits per heavy atom. The summed E-state index contributed by atoms with van der Waals surface area (Å²) in [5.41, 5.74) is 2.38. The predicted octanol–water partition coefficient (Wildman–Crippen LogP) is 2.02. The quantitative estimate of drug-likeness (QED) is 0.919. The van der Waals surface area contributed by atoms with Gasteiger partial charge >= 0.3 is 5.97 Å². The van der Waals surface area contributed by atoms with E-state index < -0.39 is 5.97 Å². The number of fused-ring (bicyclic) bond motifs is 1. The third-order valence-corrected chi connectivity index (χ3v) is 4.39. The van der Waals surface area contributed by atoms with Gasteiger partial charge in [0.25, 0.3) is 0 Å². The van der Waals surface area contributed by atoms with Crippen molar-refractivity contribution < 1.29 is 14.7 Å². The molecule has 1 atom stereocenters. The summed E-state index contributed by atoms with van der Waals surface area (Å²) in [5.74, 6) is -0.803. The van der Waals surface area contributed by atoms with E-state index >= 15 is 0 Å². The van der Waals surface area contributed by atoms with Crippen molar-refractivity contribution in [1.29, 1.82) is 0 Å². The van der Waals surface area contributed by atoms with Crippen LogP contribution in [0.15, 0.2) is 18.2 Å². The summed E-state index contributed by atoms with van der Waals surface area (Å²) in [5, 5.41) is 8.95. The molecule has 19 heavy (non-hydrogen) atoms. The molecule has 4 nitrogen and oxygen atoms in total. The minimum atomic E-state index is -0.927. The number of carboxylic acids is 1. The maximum Gasteiger partial charge on any atom is 0.335 e. The summed E-state index contributed by atoms with van der Waals surface area (Å²) >= 11 is 1.53. The van der Waals surface area contributed by atoms with Crippen LogP contribution >= 0.6 is 11.8 Å². The van der Waals surface area contributed by atoms with Crippen LogP contribution in [-0.2, 0) is 17.8 Å². The molecule has 1 heterocycles. The van der Waals surface area contributed by atoms with Crippen molar-refractivity contribution in [1.82, 2.24) is 4.90 Å². The number of rotatable bonds is 3. The first-order valence-electron chi connectivity index (χ1n) is 6.19. The molecule has 1 unspecified atom stereocenters. The molecule has 0 saturated heterocycles. The number of benzene rings is 1. The van der Waals surface area contributed by atoms with Crippen LogP contribution in [0.4, 0.5) is 0 Å². The molecule has 102 valence electrons. The molecule has 2 rings (SSSR count). The Bertz CT molecular complexity index is 515. The van der Waals surface area contributed by atoms with Crippen LogP contribution in [0.3, 0.4) is 0 Å². The van der Waals surface area contributed by atoms with Gasteiger partial charge in [0.2, 0.25) is 5.91 Å². The SMILES string of the molecule is CSC(C)C(=O)N1CCc2ccc(C(=O)O)cc2C1. The zero-order valence-corrected chi connectivity index (χ0v) is 11.9. The molecule has 0 saturated carbocycles. The van der Waals surface area contributed by atoms with Crippen molar-refractivity contribution in [2.45, 2.75) is 25.1 Å². The second-order valence-electron chi connectivity index (χ2n) is 4.68. The fraction of sp³-hybridized carbons (Fsp3) is 0.429. The van der Waals surface area contributed by atoms with Crippen molar-refractivity contribution in [3.63, 3.8) is 0 Å². The number of amides is 1. The predicted molar refractivity (Wildman–Crippen MR) is 75.5 cm³/mol. The first-order valence-corrected chi connectivity index (χ1v) is 7.48. The normalized spacial score (nSPS) is 15.8. The zero-order chi connectivity index (χ0) is 14.0. The van der Waals surface area contributed by atoms with Gasteiger partial charge in [0.1, 0.15) is 0 Å². The minimum absolute atomic E-state index is 0.0517. The third-order valence-electron chi connectivity index (χ3n) is 3.48. The Labute approximate surface area is 116 Å². The fourth-order valence-electron chi connectivity index (χ4n) is 2.24. The zero-order valence-electron chi connectivity index (χ0n) is 11.0. The van der Waals surface area contributed by atoms with E-state index in [4.69, 9.17) is 5.11 Å². The maximum absolute atomic E-state index is 12.1. The van der Waals surface area contributed by atoms with Crippen LogP contribution in [0.5, 0.6) is 0 Å². The Morgan fingerprint density at radius 3 is 2.74 bits per heavy atom. The number of nitrogens with zero attached hydrogens (tertiary/aromatic N) is 1. The molecule has 1 N–H and O–H groups in total. The van der Waals surface area contributed by atoms with Gasteiger partial charge in [-0.15, -0.1) is 0 Å². The molecule has 0 bridgehead atoms. The summed E-state index contributed by atoms with van der Waals surface area (Å²) in [6, 6.07) is 5.17. The average Bonchev–Trinajstić information content (AvgIpc) is 2.44. The number of aromatic carboxylic acids is 1. The topological polar surface area (TPSA) is 57.6 Å². The third kappa shape index (κ3) is 2.92. The second kappa shape index (κ2) is 5.65. The molecule has 5 heteroatoms. The molecule has 1 aliphatic rings. The standard InChI is InChI=1S/C14H17NO3S/c1-9(19-2)13(16)15-6-5-10-3-4-11(14(17)18)7-12(10)8-15/h3-4,7,9H,5-6,8H2,1-2H3,(H,17,18). The lowest BCUT2D eigenvalue weighted by Crippen LogP contribution is -2.40. The van der Waals surface area contributed by atoms with Gasteiger partial charge in [-0.05, 0) is 42.9 Å². The van der Waals surface area contributed by atoms with Gasteiger partial charge in [-0.3, -0.25) is 4.79 Å². The highest BCUT2D eigenvalue weighted by Crippen LogP contribution is 2.22. The molecule has 0 radical (unpaired) electrons. The molecular weight excluding hydrogens is 262 g/mol. The van der Waals surface area contributed by atoms with E-state index in [9.17, 15) is 9.59 Å². The lowest BCUT2D eigenvalue weighted by atomic mass is 9.97. The minimum Gasteiger partial charge on any atom is -0.478 e. The molecule has 0 spiro atoms. The number of carbonyl (C=O) groups excluding carboxylic acids is 1. The lowest BCUT2D eigenvalue weighted by molar-refractivity contribution is -0.131. The van der Waals surface area contributed by atoms with Crippen LogP contribution < -0.4 is 0 Å². The highest BCUT2D eigenvalue weighted by atomic mass is 32.2. The van der Waals surface area contributed by atoms with Crippen molar-refractivity contribution in [2.75, 3.05) is 12.8 Å². The van der Waals surface area contributed by atoms with Crippen molar-refractivity contribution >= 4 is 23.6 Å². The van der Waals surface area contributed by atoms with E-state index in [1.54, 1.807) is 12.1 Å². The van der Waals surface area contributed by atoms with Gasteiger partial charge in [-0.2, -0.15) is 11.8 Å². The van der Waals surface area contributed by atoms with Gasteiger partial charge in [0, 0.05) is 13.1 Å². The number of carboxylic acid groups (broad SMARTS) is 1. The average molecular weight is 279 g/mol. The summed E-state index contributed by atoms with van der Waals surface area (Å²) in [6.45, 7) is 3.12. The molecule has 1 aliphatic heterocycles. The highest BCUT2D eigenvalue weighted by molar-refractivity contribution is 7.99. The van der Waals surface area contributed by atoms with Crippen LogP contribution in [0, 0.1) is 0 Å². The van der Waals surface area contributed by atoms with E-state index in [0.717, 1.165) is 17.5 Å². The Kier molecular flexibility index (Phi) is 4.14. The molecule has 0 aromatic heterocycles. The van der Waals surface area contributed by atoms with Crippen molar-refractivity contribution in [3.05, 3.63) is 34.9 Å². The van der Waals surface area contributed by atoms with Gasteiger partial charge in [0.05, 0.1) is 10.8 Å². The Morgan fingerprint density at radius 2 is 2.11 bits per heavy atom. The summed E-state index contributed by atoms with van der Waals surface area (Å²) in [4.78, 5) is 24.9. The van der Waals surface area contributed by atoms with Crippen LogP contribution in [0.25, 0.3) is 0 Å². The van der Waals surface area contributed by atoms with Gasteiger partial charge in [-0.1, -0.05) is 6.07 Å². The summed E-state index contributed by atoms with van der Waals surface area (Å²) in [7, 11) is 0. The summed E-state index contributed by atoms with van der Waals surface area (Å²) < 4.78 is 0. The van der Waals surface area contributed by atoms with E-state index in [0.29, 0.717) is 13.1 Å². The molecule has 1 amide bonds. The number of hydrogen-bond acceptors (Lipinski definition) is 3. The van der Waals surface area contributed by atoms with Gasteiger partial charge in [0.15, 0.2) is 0 Å². The van der Waals surface area contributed by atoms with E-state index in [-0.39, 0.29) is 16.7 Å². The van der Waals surface area contributed by atoms with Crippen molar-refractivity contribution in [3.8, 4) is 0 Å². The molecule has 1 aromatic rings. The van der Waals surface area contributed by atoms with Crippen LogP contribution in [0.2, 0.25) is 0 Å². The fourth-order valence-corrected chi connectivity index (χ4v) is 2.59. The Balaban J connectivity index is 2.20. The molecule has 0 fully saturated rings. The first kappa shape index (κ1) is 13.9.